The normalized spacial score (nSPS) is 10.3. The lowest BCUT2D eigenvalue weighted by molar-refractivity contribution is 0.907. The lowest BCUT2D eigenvalue weighted by Crippen LogP contribution is -2.17. The predicted octanol–water partition coefficient (Wildman–Crippen LogP) is 3.60. The van der Waals surface area contributed by atoms with Crippen LogP contribution in [0, 0.1) is 0 Å². The van der Waals surface area contributed by atoms with Gasteiger partial charge in [0.05, 0.1) is 6.54 Å². The Morgan fingerprint density at radius 2 is 2.17 bits per heavy atom. The zero-order valence-electron chi connectivity index (χ0n) is 10.9. The highest BCUT2D eigenvalue weighted by atomic mass is 32.1. The topological polar surface area (TPSA) is 28.2 Å². The second-order valence-corrected chi connectivity index (χ2v) is 5.28. The van der Waals surface area contributed by atoms with Crippen molar-refractivity contribution >= 4 is 23.0 Å². The summed E-state index contributed by atoms with van der Waals surface area (Å²) in [7, 11) is 2.08. The van der Waals surface area contributed by atoms with Gasteiger partial charge in [0.15, 0.2) is 0 Å². The largest absolute Gasteiger partial charge is 0.370 e. The van der Waals surface area contributed by atoms with E-state index in [0.717, 1.165) is 31.1 Å². The van der Waals surface area contributed by atoms with Crippen molar-refractivity contribution in [2.24, 2.45) is 0 Å². The molecule has 0 atom stereocenters. The van der Waals surface area contributed by atoms with Gasteiger partial charge in [-0.1, -0.05) is 19.1 Å². The Morgan fingerprint density at radius 1 is 1.28 bits per heavy atom. The summed E-state index contributed by atoms with van der Waals surface area (Å²) in [4.78, 5) is 8.13. The summed E-state index contributed by atoms with van der Waals surface area (Å²) in [6.45, 7) is 4.02. The van der Waals surface area contributed by atoms with Crippen LogP contribution in [0.1, 0.15) is 18.2 Å². The smallest absolute Gasteiger partial charge is 0.131 e. The molecular weight excluding hydrogens is 242 g/mol. The molecule has 2 aromatic rings. The van der Waals surface area contributed by atoms with Crippen LogP contribution >= 0.6 is 11.3 Å². The summed E-state index contributed by atoms with van der Waals surface area (Å²) in [6.07, 6.45) is 1.11. The molecular formula is C14H19N3S. The van der Waals surface area contributed by atoms with Crippen LogP contribution in [-0.4, -0.2) is 18.6 Å². The van der Waals surface area contributed by atoms with Gasteiger partial charge in [-0.05, 0) is 30.0 Å². The first-order chi connectivity index (χ1) is 8.79. The fourth-order valence-electron chi connectivity index (χ4n) is 1.70. The van der Waals surface area contributed by atoms with Crippen molar-refractivity contribution in [1.29, 1.82) is 0 Å². The second-order valence-electron chi connectivity index (χ2n) is 4.24. The first-order valence-electron chi connectivity index (χ1n) is 6.24. The standard InChI is InChI=1S/C14H19N3S/c1-3-9-15-13-7-4-8-14(16-13)17(2)11-12-6-5-10-18-12/h4-8,10H,3,9,11H2,1-2H3,(H,15,16). The average molecular weight is 261 g/mol. The zero-order valence-corrected chi connectivity index (χ0v) is 11.7. The first-order valence-corrected chi connectivity index (χ1v) is 7.12. The van der Waals surface area contributed by atoms with Crippen molar-refractivity contribution in [3.8, 4) is 0 Å². The highest BCUT2D eigenvalue weighted by molar-refractivity contribution is 7.09. The molecule has 0 aliphatic carbocycles. The number of rotatable bonds is 6. The fraction of sp³-hybridized carbons (Fsp3) is 0.357. The van der Waals surface area contributed by atoms with Gasteiger partial charge in [-0.2, -0.15) is 0 Å². The molecule has 0 aliphatic rings. The van der Waals surface area contributed by atoms with Crippen molar-refractivity contribution < 1.29 is 0 Å². The molecule has 96 valence electrons. The van der Waals surface area contributed by atoms with Gasteiger partial charge in [0.2, 0.25) is 0 Å². The van der Waals surface area contributed by atoms with Crippen molar-refractivity contribution in [1.82, 2.24) is 4.98 Å². The number of nitrogens with zero attached hydrogens (tertiary/aromatic N) is 2. The molecule has 18 heavy (non-hydrogen) atoms. The Bertz CT molecular complexity index is 468. The first kappa shape index (κ1) is 12.9. The number of hydrogen-bond acceptors (Lipinski definition) is 4. The molecule has 0 bridgehead atoms. The van der Waals surface area contributed by atoms with Gasteiger partial charge in [-0.25, -0.2) is 4.98 Å². The van der Waals surface area contributed by atoms with Crippen LogP contribution in [0.4, 0.5) is 11.6 Å². The third kappa shape index (κ3) is 3.47. The molecule has 0 unspecified atom stereocenters. The second kappa shape index (κ2) is 6.40. The minimum atomic E-state index is 0.905. The summed E-state index contributed by atoms with van der Waals surface area (Å²) < 4.78 is 0. The summed E-state index contributed by atoms with van der Waals surface area (Å²) in [5, 5.41) is 5.42. The molecule has 2 heterocycles. The van der Waals surface area contributed by atoms with E-state index < -0.39 is 0 Å². The van der Waals surface area contributed by atoms with Gasteiger partial charge in [0, 0.05) is 18.5 Å². The molecule has 0 spiro atoms. The summed E-state index contributed by atoms with van der Waals surface area (Å²) >= 11 is 1.78. The molecule has 0 fully saturated rings. The molecule has 2 aromatic heterocycles. The molecule has 0 saturated carbocycles. The lowest BCUT2D eigenvalue weighted by Gasteiger charge is -2.18. The molecule has 0 saturated heterocycles. The van der Waals surface area contributed by atoms with Gasteiger partial charge in [-0.15, -0.1) is 11.3 Å². The van der Waals surface area contributed by atoms with Crippen LogP contribution in [0.15, 0.2) is 35.7 Å². The molecule has 0 amide bonds. The van der Waals surface area contributed by atoms with Crippen LogP contribution in [0.5, 0.6) is 0 Å². The quantitative estimate of drug-likeness (QED) is 0.861. The molecule has 0 aliphatic heterocycles. The average Bonchev–Trinajstić information content (AvgIpc) is 2.89. The van der Waals surface area contributed by atoms with Crippen molar-refractivity contribution in [2.75, 3.05) is 23.8 Å². The van der Waals surface area contributed by atoms with E-state index in [-0.39, 0.29) is 0 Å². The summed E-state index contributed by atoms with van der Waals surface area (Å²) in [5.41, 5.74) is 0. The Balaban J connectivity index is 2.03. The van der Waals surface area contributed by atoms with E-state index in [9.17, 15) is 0 Å². The number of pyridine rings is 1. The van der Waals surface area contributed by atoms with E-state index in [1.807, 2.05) is 18.2 Å². The van der Waals surface area contributed by atoms with Gasteiger partial charge in [0.1, 0.15) is 11.6 Å². The van der Waals surface area contributed by atoms with Crippen molar-refractivity contribution in [3.63, 3.8) is 0 Å². The monoisotopic (exact) mass is 261 g/mol. The van der Waals surface area contributed by atoms with E-state index in [1.54, 1.807) is 11.3 Å². The molecule has 4 heteroatoms. The SMILES string of the molecule is CCCNc1cccc(N(C)Cc2cccs2)n1. The predicted molar refractivity (Wildman–Crippen MR) is 79.4 cm³/mol. The molecule has 0 radical (unpaired) electrons. The Labute approximate surface area is 112 Å². The summed E-state index contributed by atoms with van der Waals surface area (Å²) in [5.74, 6) is 1.96. The third-order valence-corrected chi connectivity index (χ3v) is 3.52. The molecule has 0 aromatic carbocycles. The highest BCUT2D eigenvalue weighted by Crippen LogP contribution is 2.17. The van der Waals surface area contributed by atoms with Crippen LogP contribution in [0.2, 0.25) is 0 Å². The number of thiophene rings is 1. The van der Waals surface area contributed by atoms with Crippen LogP contribution in [0.3, 0.4) is 0 Å². The minimum Gasteiger partial charge on any atom is -0.370 e. The maximum absolute atomic E-state index is 4.61. The molecule has 1 N–H and O–H groups in total. The lowest BCUT2D eigenvalue weighted by atomic mass is 10.3. The number of nitrogens with one attached hydrogen (secondary N) is 1. The van der Waals surface area contributed by atoms with E-state index in [2.05, 4.69) is 46.7 Å². The zero-order chi connectivity index (χ0) is 12.8. The van der Waals surface area contributed by atoms with Crippen LogP contribution < -0.4 is 10.2 Å². The molecule has 2 rings (SSSR count). The Kier molecular flexibility index (Phi) is 4.59. The number of aromatic nitrogens is 1. The van der Waals surface area contributed by atoms with Crippen molar-refractivity contribution in [3.05, 3.63) is 40.6 Å². The summed E-state index contributed by atoms with van der Waals surface area (Å²) in [6, 6.07) is 10.3. The Hall–Kier alpha value is -1.55. The van der Waals surface area contributed by atoms with Gasteiger partial charge < -0.3 is 10.2 Å². The van der Waals surface area contributed by atoms with E-state index in [1.165, 1.54) is 4.88 Å². The maximum Gasteiger partial charge on any atom is 0.131 e. The van der Waals surface area contributed by atoms with E-state index in [0.29, 0.717) is 0 Å². The van der Waals surface area contributed by atoms with Gasteiger partial charge >= 0.3 is 0 Å². The highest BCUT2D eigenvalue weighted by Gasteiger charge is 2.05. The van der Waals surface area contributed by atoms with Crippen molar-refractivity contribution in [2.45, 2.75) is 19.9 Å². The minimum absolute atomic E-state index is 0.905. The van der Waals surface area contributed by atoms with E-state index in [4.69, 9.17) is 0 Å². The van der Waals surface area contributed by atoms with E-state index >= 15 is 0 Å². The third-order valence-electron chi connectivity index (χ3n) is 2.65. The van der Waals surface area contributed by atoms with Crippen LogP contribution in [-0.2, 0) is 6.54 Å². The number of hydrogen-bond donors (Lipinski definition) is 1. The van der Waals surface area contributed by atoms with Gasteiger partial charge in [-0.3, -0.25) is 0 Å². The number of anilines is 2. The van der Waals surface area contributed by atoms with Crippen LogP contribution in [0.25, 0.3) is 0 Å². The fourth-order valence-corrected chi connectivity index (χ4v) is 2.46. The maximum atomic E-state index is 4.61. The van der Waals surface area contributed by atoms with Gasteiger partial charge in [0.25, 0.3) is 0 Å². The molecule has 3 nitrogen and oxygen atoms in total. The Morgan fingerprint density at radius 3 is 2.89 bits per heavy atom.